The summed E-state index contributed by atoms with van der Waals surface area (Å²) in [6, 6.07) is 9.66. The summed E-state index contributed by atoms with van der Waals surface area (Å²) in [7, 11) is 0. The van der Waals surface area contributed by atoms with Gasteiger partial charge in [-0.25, -0.2) is 0 Å². The van der Waals surface area contributed by atoms with Crippen LogP contribution in [-0.2, 0) is 15.3 Å². The van der Waals surface area contributed by atoms with E-state index in [9.17, 15) is 14.4 Å². The third-order valence-corrected chi connectivity index (χ3v) is 6.24. The van der Waals surface area contributed by atoms with Crippen molar-refractivity contribution < 1.29 is 18.8 Å². The Hall–Kier alpha value is -2.54. The molecule has 0 bridgehead atoms. The quantitative estimate of drug-likeness (QED) is 0.408. The van der Waals surface area contributed by atoms with E-state index in [4.69, 9.17) is 4.42 Å². The van der Waals surface area contributed by atoms with Crippen LogP contribution in [0.3, 0.4) is 0 Å². The molecule has 0 aliphatic rings. The van der Waals surface area contributed by atoms with Gasteiger partial charge in [0, 0.05) is 5.56 Å². The zero-order chi connectivity index (χ0) is 24.2. The van der Waals surface area contributed by atoms with Crippen LogP contribution in [0.5, 0.6) is 0 Å². The normalized spacial score (nSPS) is 12.9. The smallest absolute Gasteiger partial charge is 0.251 e. The highest BCUT2D eigenvalue weighted by Crippen LogP contribution is 2.15. The number of carbonyl (C=O) groups excluding carboxylic acids is 3. The van der Waals surface area contributed by atoms with Gasteiger partial charge in [0.05, 0.1) is 23.8 Å². The molecule has 2 unspecified atom stereocenters. The summed E-state index contributed by atoms with van der Waals surface area (Å²) in [6.45, 7) is 8.02. The fourth-order valence-electron chi connectivity index (χ4n) is 3.39. The predicted molar refractivity (Wildman–Crippen MR) is 133 cm³/mol. The molecule has 0 aliphatic carbocycles. The number of Topliss-reactive ketones (excluding diaryl/α,β-unsaturated/α-hetero) is 1. The second-order valence-corrected chi connectivity index (χ2v) is 9.75. The van der Waals surface area contributed by atoms with Gasteiger partial charge in [0.2, 0.25) is 5.91 Å². The number of nitrogens with one attached hydrogen (secondary N) is 2. The first kappa shape index (κ1) is 26.7. The van der Waals surface area contributed by atoms with Crippen molar-refractivity contribution >= 4 is 29.4 Å². The van der Waals surface area contributed by atoms with Gasteiger partial charge in [-0.1, -0.05) is 51.3 Å². The second-order valence-electron chi connectivity index (χ2n) is 8.76. The monoisotopic (exact) mass is 472 g/mol. The molecule has 6 nitrogen and oxygen atoms in total. The minimum absolute atomic E-state index is 0.0125. The number of unbranched alkanes of at least 4 members (excludes halogenated alkanes) is 1. The predicted octanol–water partition coefficient (Wildman–Crippen LogP) is 4.91. The maximum Gasteiger partial charge on any atom is 0.251 e. The average Bonchev–Trinajstić information content (AvgIpc) is 3.29. The maximum atomic E-state index is 13.1. The Kier molecular flexibility index (Phi) is 11.2. The number of amides is 2. The van der Waals surface area contributed by atoms with Gasteiger partial charge in [-0.05, 0) is 49.9 Å². The van der Waals surface area contributed by atoms with Crippen molar-refractivity contribution in [2.45, 2.75) is 71.2 Å². The van der Waals surface area contributed by atoms with E-state index < -0.39 is 12.1 Å². The first-order chi connectivity index (χ1) is 15.8. The van der Waals surface area contributed by atoms with Gasteiger partial charge in [0.25, 0.3) is 5.91 Å². The zero-order valence-electron chi connectivity index (χ0n) is 20.1. The highest BCUT2D eigenvalue weighted by Gasteiger charge is 2.27. The lowest BCUT2D eigenvalue weighted by Crippen LogP contribution is -2.52. The molecule has 0 radical (unpaired) electrons. The zero-order valence-corrected chi connectivity index (χ0v) is 20.9. The molecule has 2 rings (SSSR count). The van der Waals surface area contributed by atoms with Crippen LogP contribution in [0.4, 0.5) is 0 Å². The Labute approximate surface area is 201 Å². The van der Waals surface area contributed by atoms with Crippen molar-refractivity contribution in [2.24, 2.45) is 5.92 Å². The van der Waals surface area contributed by atoms with Crippen LogP contribution in [0.15, 0.2) is 47.1 Å². The number of hydrogen-bond acceptors (Lipinski definition) is 5. The Balaban J connectivity index is 2.01. The summed E-state index contributed by atoms with van der Waals surface area (Å²) in [4.78, 5) is 38.7. The van der Waals surface area contributed by atoms with Crippen LogP contribution in [0.25, 0.3) is 0 Å². The first-order valence-electron chi connectivity index (χ1n) is 11.6. The van der Waals surface area contributed by atoms with E-state index in [0.29, 0.717) is 29.9 Å². The fourth-order valence-corrected chi connectivity index (χ4v) is 4.26. The molecule has 2 atom stereocenters. The first-order valence-corrected chi connectivity index (χ1v) is 12.8. The minimum Gasteiger partial charge on any atom is -0.468 e. The van der Waals surface area contributed by atoms with Crippen LogP contribution in [-0.4, -0.2) is 35.4 Å². The Bertz CT molecular complexity index is 878. The molecule has 2 amide bonds. The third kappa shape index (κ3) is 9.46. The topological polar surface area (TPSA) is 88.4 Å². The van der Waals surface area contributed by atoms with E-state index >= 15 is 0 Å². The number of furan rings is 1. The van der Waals surface area contributed by atoms with Crippen molar-refractivity contribution in [3.8, 4) is 0 Å². The van der Waals surface area contributed by atoms with E-state index in [1.54, 1.807) is 18.4 Å². The fraction of sp³-hybridized carbons (Fsp3) is 0.500. The van der Waals surface area contributed by atoms with E-state index in [-0.39, 0.29) is 23.5 Å². The van der Waals surface area contributed by atoms with Crippen molar-refractivity contribution in [3.05, 3.63) is 59.5 Å². The number of aryl methyl sites for hydroxylation is 1. The molecule has 180 valence electrons. The van der Waals surface area contributed by atoms with Crippen molar-refractivity contribution in [2.75, 3.05) is 5.75 Å². The van der Waals surface area contributed by atoms with Gasteiger partial charge in [-0.15, -0.1) is 11.8 Å². The van der Waals surface area contributed by atoms with E-state index in [1.807, 2.05) is 45.0 Å². The molecule has 0 spiro atoms. The number of thioether (sulfide) groups is 1. The van der Waals surface area contributed by atoms with Crippen molar-refractivity contribution in [1.29, 1.82) is 0 Å². The maximum absolute atomic E-state index is 13.1. The van der Waals surface area contributed by atoms with Gasteiger partial charge >= 0.3 is 0 Å². The van der Waals surface area contributed by atoms with Crippen molar-refractivity contribution in [1.82, 2.24) is 10.6 Å². The van der Waals surface area contributed by atoms with E-state index in [1.165, 1.54) is 11.8 Å². The summed E-state index contributed by atoms with van der Waals surface area (Å²) in [6.07, 6.45) is 4.46. The highest BCUT2D eigenvalue weighted by molar-refractivity contribution is 7.99. The standard InChI is InChI=1S/C26H36N2O4S/c1-5-6-9-22(24(29)17-33-16-21-8-7-14-32-21)27-26(31)23(15-18(2)3)28-25(30)20-12-10-19(4)11-13-20/h7-8,10-14,18,22-23H,5-6,9,15-17H2,1-4H3,(H,27,31)(H,28,30). The average molecular weight is 473 g/mol. The second kappa shape index (κ2) is 13.9. The SMILES string of the molecule is CCCCC(NC(=O)C(CC(C)C)NC(=O)c1ccc(C)cc1)C(=O)CSCc1ccco1. The molecule has 1 aromatic carbocycles. The number of benzene rings is 1. The van der Waals surface area contributed by atoms with Crippen LogP contribution in [0.1, 0.15) is 68.1 Å². The molecule has 33 heavy (non-hydrogen) atoms. The number of rotatable bonds is 14. The molecule has 0 saturated carbocycles. The van der Waals surface area contributed by atoms with Gasteiger partial charge < -0.3 is 15.1 Å². The molecule has 1 heterocycles. The summed E-state index contributed by atoms with van der Waals surface area (Å²) in [5, 5.41) is 5.79. The van der Waals surface area contributed by atoms with E-state index in [0.717, 1.165) is 24.2 Å². The van der Waals surface area contributed by atoms with Crippen molar-refractivity contribution in [3.63, 3.8) is 0 Å². The van der Waals surface area contributed by atoms with Gasteiger partial charge in [0.1, 0.15) is 11.8 Å². The Morgan fingerprint density at radius 2 is 1.76 bits per heavy atom. The molecule has 1 aromatic heterocycles. The van der Waals surface area contributed by atoms with Crippen LogP contribution in [0.2, 0.25) is 0 Å². The number of hydrogen-bond donors (Lipinski definition) is 2. The molecule has 0 saturated heterocycles. The molecular formula is C26H36N2O4S. The summed E-state index contributed by atoms with van der Waals surface area (Å²) < 4.78 is 5.31. The summed E-state index contributed by atoms with van der Waals surface area (Å²) in [5.41, 5.74) is 1.57. The molecule has 0 fully saturated rings. The van der Waals surface area contributed by atoms with Gasteiger partial charge in [0.15, 0.2) is 5.78 Å². The largest absolute Gasteiger partial charge is 0.468 e. The number of carbonyl (C=O) groups is 3. The Morgan fingerprint density at radius 1 is 1.03 bits per heavy atom. The lowest BCUT2D eigenvalue weighted by molar-refractivity contribution is -0.128. The van der Waals surface area contributed by atoms with Gasteiger partial charge in [-0.2, -0.15) is 0 Å². The molecule has 2 aromatic rings. The molecule has 2 N–H and O–H groups in total. The lowest BCUT2D eigenvalue weighted by atomic mass is 10.0. The van der Waals surface area contributed by atoms with Crippen LogP contribution in [0, 0.1) is 12.8 Å². The molecule has 0 aliphatic heterocycles. The third-order valence-electron chi connectivity index (χ3n) is 5.26. The van der Waals surface area contributed by atoms with Gasteiger partial charge in [-0.3, -0.25) is 14.4 Å². The molecule has 7 heteroatoms. The summed E-state index contributed by atoms with van der Waals surface area (Å²) >= 11 is 1.47. The van der Waals surface area contributed by atoms with E-state index in [2.05, 4.69) is 17.6 Å². The lowest BCUT2D eigenvalue weighted by Gasteiger charge is -2.24. The number of ketones is 1. The van der Waals surface area contributed by atoms with Crippen LogP contribution >= 0.6 is 11.8 Å². The minimum atomic E-state index is -0.702. The molecular weight excluding hydrogens is 436 g/mol. The summed E-state index contributed by atoms with van der Waals surface area (Å²) in [5.74, 6) is 1.30. The van der Waals surface area contributed by atoms with Crippen LogP contribution < -0.4 is 10.6 Å². The Morgan fingerprint density at radius 3 is 2.36 bits per heavy atom. The highest BCUT2D eigenvalue weighted by atomic mass is 32.2.